The summed E-state index contributed by atoms with van der Waals surface area (Å²) in [4.78, 5) is 19.6. The summed E-state index contributed by atoms with van der Waals surface area (Å²) < 4.78 is 6.55. The lowest BCUT2D eigenvalue weighted by Gasteiger charge is -2.39. The first-order valence-corrected chi connectivity index (χ1v) is 10.9. The molecule has 168 valence electrons. The van der Waals surface area contributed by atoms with Crippen molar-refractivity contribution in [1.82, 2.24) is 10.3 Å². The fourth-order valence-corrected chi connectivity index (χ4v) is 3.71. The number of anilines is 1. The molecular weight excluding hydrogens is 398 g/mol. The average molecular weight is 432 g/mol. The highest BCUT2D eigenvalue weighted by Crippen LogP contribution is 2.37. The minimum Gasteiger partial charge on any atom is -0.377 e. The van der Waals surface area contributed by atoms with Crippen LogP contribution in [-0.2, 0) is 11.3 Å². The Hall–Kier alpha value is -3.18. The van der Waals surface area contributed by atoms with Gasteiger partial charge in [0, 0.05) is 43.3 Å². The summed E-state index contributed by atoms with van der Waals surface area (Å²) in [6, 6.07) is 21.1. The van der Waals surface area contributed by atoms with E-state index in [-0.39, 0.29) is 17.4 Å². The second kappa shape index (κ2) is 10.4. The van der Waals surface area contributed by atoms with E-state index in [0.29, 0.717) is 12.2 Å². The van der Waals surface area contributed by atoms with Crippen LogP contribution in [0.2, 0.25) is 0 Å². The van der Waals surface area contributed by atoms with Gasteiger partial charge in [0.2, 0.25) is 0 Å². The first kappa shape index (κ1) is 23.5. The van der Waals surface area contributed by atoms with Crippen molar-refractivity contribution in [2.24, 2.45) is 5.41 Å². The lowest BCUT2D eigenvalue weighted by atomic mass is 9.80. The van der Waals surface area contributed by atoms with Gasteiger partial charge in [-0.1, -0.05) is 69.3 Å². The summed E-state index contributed by atoms with van der Waals surface area (Å²) in [5.41, 5.74) is 3.39. The largest absolute Gasteiger partial charge is 0.377 e. The van der Waals surface area contributed by atoms with Crippen LogP contribution in [0, 0.1) is 5.41 Å². The predicted octanol–water partition coefficient (Wildman–Crippen LogP) is 5.25. The van der Waals surface area contributed by atoms with Gasteiger partial charge >= 0.3 is 0 Å². The number of hydrogen-bond acceptors (Lipinski definition) is 4. The molecule has 5 nitrogen and oxygen atoms in total. The minimum atomic E-state index is -0.394. The van der Waals surface area contributed by atoms with Crippen LogP contribution in [0.5, 0.6) is 0 Å². The van der Waals surface area contributed by atoms with Gasteiger partial charge in [-0.15, -0.1) is 0 Å². The molecule has 0 aliphatic carbocycles. The summed E-state index contributed by atoms with van der Waals surface area (Å²) in [5.74, 6) is -0.117. The summed E-state index contributed by atoms with van der Waals surface area (Å²) >= 11 is 0. The Balaban J connectivity index is 2.00. The van der Waals surface area contributed by atoms with Gasteiger partial charge in [-0.2, -0.15) is 0 Å². The van der Waals surface area contributed by atoms with Gasteiger partial charge in [0.15, 0.2) is 0 Å². The Morgan fingerprint density at radius 3 is 2.22 bits per heavy atom. The van der Waals surface area contributed by atoms with E-state index in [1.165, 1.54) is 0 Å². The second-order valence-electron chi connectivity index (χ2n) is 9.23. The SMILES string of the molecule is CN(C)c1ccncc1[C@H](OCc1ccccc1)[C@@H](NC(=O)c1ccccc1)C(C)(C)C. The van der Waals surface area contributed by atoms with E-state index >= 15 is 0 Å². The molecule has 3 rings (SSSR count). The molecule has 0 radical (unpaired) electrons. The number of hydrogen-bond donors (Lipinski definition) is 1. The van der Waals surface area contributed by atoms with Gasteiger partial charge in [-0.25, -0.2) is 0 Å². The Morgan fingerprint density at radius 2 is 1.62 bits per heavy atom. The summed E-state index contributed by atoms with van der Waals surface area (Å²) in [6.07, 6.45) is 3.23. The summed E-state index contributed by atoms with van der Waals surface area (Å²) in [7, 11) is 4.00. The van der Waals surface area contributed by atoms with E-state index in [9.17, 15) is 4.79 Å². The predicted molar refractivity (Wildman–Crippen MR) is 130 cm³/mol. The fraction of sp³-hybridized carbons (Fsp3) is 0.333. The van der Waals surface area contributed by atoms with Gasteiger partial charge in [-0.3, -0.25) is 9.78 Å². The van der Waals surface area contributed by atoms with E-state index < -0.39 is 6.10 Å². The van der Waals surface area contributed by atoms with E-state index in [4.69, 9.17) is 4.74 Å². The smallest absolute Gasteiger partial charge is 0.251 e. The van der Waals surface area contributed by atoms with E-state index in [1.54, 1.807) is 6.20 Å². The van der Waals surface area contributed by atoms with Gasteiger partial charge in [0.25, 0.3) is 5.91 Å². The zero-order valence-corrected chi connectivity index (χ0v) is 19.6. The van der Waals surface area contributed by atoms with Crippen molar-refractivity contribution in [1.29, 1.82) is 0 Å². The summed E-state index contributed by atoms with van der Waals surface area (Å²) in [6.45, 7) is 6.79. The lowest BCUT2D eigenvalue weighted by molar-refractivity contribution is -0.0143. The molecule has 5 heteroatoms. The van der Waals surface area contributed by atoms with Gasteiger partial charge in [0.1, 0.15) is 6.10 Å². The Bertz CT molecular complexity index is 998. The molecule has 32 heavy (non-hydrogen) atoms. The monoisotopic (exact) mass is 431 g/mol. The van der Waals surface area contributed by atoms with Crippen LogP contribution in [0.4, 0.5) is 5.69 Å². The molecule has 1 heterocycles. The topological polar surface area (TPSA) is 54.5 Å². The molecule has 0 unspecified atom stereocenters. The molecule has 0 saturated carbocycles. The Morgan fingerprint density at radius 1 is 1.00 bits per heavy atom. The maximum atomic E-state index is 13.1. The van der Waals surface area contributed by atoms with Crippen LogP contribution < -0.4 is 10.2 Å². The zero-order valence-electron chi connectivity index (χ0n) is 19.6. The molecule has 3 aromatic rings. The molecule has 0 saturated heterocycles. The van der Waals surface area contributed by atoms with Crippen molar-refractivity contribution in [3.8, 4) is 0 Å². The number of benzene rings is 2. The highest BCUT2D eigenvalue weighted by Gasteiger charge is 2.37. The molecule has 1 amide bonds. The van der Waals surface area contributed by atoms with Crippen LogP contribution >= 0.6 is 0 Å². The number of pyridine rings is 1. The van der Waals surface area contributed by atoms with Crippen molar-refractivity contribution in [2.75, 3.05) is 19.0 Å². The van der Waals surface area contributed by atoms with Crippen molar-refractivity contribution in [3.63, 3.8) is 0 Å². The first-order valence-electron chi connectivity index (χ1n) is 10.9. The quantitative estimate of drug-likeness (QED) is 0.529. The Labute approximate surface area is 191 Å². The average Bonchev–Trinajstić information content (AvgIpc) is 2.79. The van der Waals surface area contributed by atoms with Crippen LogP contribution in [0.3, 0.4) is 0 Å². The van der Waals surface area contributed by atoms with Crippen molar-refractivity contribution in [2.45, 2.75) is 39.5 Å². The standard InChI is InChI=1S/C27H33N3O2/c1-27(2,3)25(29-26(31)21-14-10-7-11-15-21)24(32-19-20-12-8-6-9-13-20)22-18-28-17-16-23(22)30(4)5/h6-18,24-25H,19H2,1-5H3,(H,29,31)/t24-,25+/m0/s1. The fourth-order valence-electron chi connectivity index (χ4n) is 3.71. The molecule has 0 aliphatic heterocycles. The van der Waals surface area contributed by atoms with Gasteiger partial charge in [-0.05, 0) is 29.2 Å². The molecule has 1 N–H and O–H groups in total. The van der Waals surface area contributed by atoms with Crippen molar-refractivity contribution >= 4 is 11.6 Å². The first-order chi connectivity index (χ1) is 15.3. The minimum absolute atomic E-state index is 0.117. The zero-order chi connectivity index (χ0) is 23.1. The number of carbonyl (C=O) groups excluding carboxylic acids is 1. The van der Waals surface area contributed by atoms with E-state index in [2.05, 4.69) is 36.0 Å². The Kier molecular flexibility index (Phi) is 7.65. The van der Waals surface area contributed by atoms with Crippen molar-refractivity contribution in [3.05, 3.63) is 95.8 Å². The maximum Gasteiger partial charge on any atom is 0.251 e. The third-order valence-electron chi connectivity index (χ3n) is 5.45. The maximum absolute atomic E-state index is 13.1. The van der Waals surface area contributed by atoms with Crippen LogP contribution in [0.15, 0.2) is 79.1 Å². The third-order valence-corrected chi connectivity index (χ3v) is 5.45. The number of rotatable bonds is 8. The molecule has 0 fully saturated rings. The second-order valence-corrected chi connectivity index (χ2v) is 9.23. The summed E-state index contributed by atoms with van der Waals surface area (Å²) in [5, 5.41) is 3.26. The van der Waals surface area contributed by atoms with E-state index in [0.717, 1.165) is 16.8 Å². The number of carbonyl (C=O) groups is 1. The molecule has 0 spiro atoms. The van der Waals surface area contributed by atoms with Crippen molar-refractivity contribution < 1.29 is 9.53 Å². The van der Waals surface area contributed by atoms with Crippen LogP contribution in [0.25, 0.3) is 0 Å². The number of ether oxygens (including phenoxy) is 1. The number of aromatic nitrogens is 1. The lowest BCUT2D eigenvalue weighted by Crippen LogP contribution is -2.48. The molecule has 0 bridgehead atoms. The van der Waals surface area contributed by atoms with E-state index in [1.807, 2.05) is 87.0 Å². The molecule has 2 atom stereocenters. The molecule has 0 aliphatic rings. The normalized spacial score (nSPS) is 13.3. The molecule has 2 aromatic carbocycles. The highest BCUT2D eigenvalue weighted by molar-refractivity contribution is 5.94. The number of nitrogens with zero attached hydrogens (tertiary/aromatic N) is 2. The number of nitrogens with one attached hydrogen (secondary N) is 1. The molecule has 1 aromatic heterocycles. The molecular formula is C27H33N3O2. The van der Waals surface area contributed by atoms with Gasteiger partial charge < -0.3 is 15.0 Å². The van der Waals surface area contributed by atoms with Gasteiger partial charge in [0.05, 0.1) is 12.6 Å². The number of amides is 1. The van der Waals surface area contributed by atoms with Crippen LogP contribution in [-0.4, -0.2) is 31.0 Å². The third kappa shape index (κ3) is 5.95. The highest BCUT2D eigenvalue weighted by atomic mass is 16.5. The van der Waals surface area contributed by atoms with Crippen LogP contribution in [0.1, 0.15) is 48.4 Å².